The molecule has 0 saturated heterocycles. The van der Waals surface area contributed by atoms with Crippen molar-refractivity contribution in [1.29, 1.82) is 0 Å². The molecule has 0 saturated carbocycles. The molecule has 66 valence electrons. The van der Waals surface area contributed by atoms with Crippen molar-refractivity contribution in [3.63, 3.8) is 0 Å². The third kappa shape index (κ3) is 3.78. The van der Waals surface area contributed by atoms with Gasteiger partial charge in [0.05, 0.1) is 0 Å². The summed E-state index contributed by atoms with van der Waals surface area (Å²) in [7, 11) is -3.02. The molecule has 0 spiro atoms. The number of rotatable bonds is 2. The van der Waals surface area contributed by atoms with Crippen LogP contribution in [0.3, 0.4) is 0 Å². The summed E-state index contributed by atoms with van der Waals surface area (Å²) < 4.78 is 9.44. The van der Waals surface area contributed by atoms with Crippen LogP contribution in [0.25, 0.3) is 0 Å². The average Bonchev–Trinajstić information content (AvgIpc) is 1.83. The van der Waals surface area contributed by atoms with E-state index in [-0.39, 0.29) is 0 Å². The van der Waals surface area contributed by atoms with Gasteiger partial charge in [0.2, 0.25) is 0 Å². The predicted molar refractivity (Wildman–Crippen MR) is 44.0 cm³/mol. The first-order valence-electron chi connectivity index (χ1n) is 3.26. The van der Waals surface area contributed by atoms with Crippen molar-refractivity contribution in [2.45, 2.75) is 20.4 Å². The van der Waals surface area contributed by atoms with Crippen LogP contribution in [0.5, 0.6) is 0 Å². The van der Waals surface area contributed by atoms with Gasteiger partial charge in [-0.05, 0) is 5.54 Å². The van der Waals surface area contributed by atoms with Crippen LogP contribution < -0.4 is 0 Å². The van der Waals surface area contributed by atoms with Crippen LogP contribution in [0.2, 0.25) is 6.55 Å². The lowest BCUT2D eigenvalue weighted by Gasteiger charge is -2.18. The lowest BCUT2D eigenvalue weighted by molar-refractivity contribution is -0.138. The fraction of sp³-hybridized carbons (Fsp3) is 0.429. The second kappa shape index (κ2) is 3.92. The fourth-order valence-electron chi connectivity index (χ4n) is 0.628. The summed E-state index contributed by atoms with van der Waals surface area (Å²) in [5.74, 6) is -1.08. The van der Waals surface area contributed by atoms with E-state index in [0.717, 1.165) is 0 Å². The van der Waals surface area contributed by atoms with Crippen molar-refractivity contribution >= 4 is 20.5 Å². The fourth-order valence-corrected chi connectivity index (χ4v) is 1.88. The first-order valence-corrected chi connectivity index (χ1v) is 5.58. The van der Waals surface area contributed by atoms with Crippen molar-refractivity contribution in [3.8, 4) is 12.0 Å². The van der Waals surface area contributed by atoms with E-state index in [1.807, 2.05) is 0 Å². The maximum atomic E-state index is 10.5. The summed E-state index contributed by atoms with van der Waals surface area (Å²) in [5.41, 5.74) is 2.19. The van der Waals surface area contributed by atoms with E-state index >= 15 is 0 Å². The van der Waals surface area contributed by atoms with Crippen LogP contribution in [0.4, 0.5) is 0 Å². The molecular formula is C7H10O4Si. The highest BCUT2D eigenvalue weighted by atomic mass is 28.4. The van der Waals surface area contributed by atoms with Crippen molar-refractivity contribution in [3.05, 3.63) is 0 Å². The highest BCUT2D eigenvalue weighted by molar-refractivity contribution is 6.77. The second-order valence-electron chi connectivity index (χ2n) is 2.28. The van der Waals surface area contributed by atoms with Gasteiger partial charge in [0, 0.05) is 20.4 Å². The van der Waals surface area contributed by atoms with E-state index in [1.165, 1.54) is 20.4 Å². The molecule has 0 atom stereocenters. The Morgan fingerprint density at radius 2 is 1.58 bits per heavy atom. The minimum Gasteiger partial charge on any atom is -0.476 e. The Morgan fingerprint density at radius 3 is 1.75 bits per heavy atom. The van der Waals surface area contributed by atoms with Crippen LogP contribution in [-0.4, -0.2) is 20.5 Å². The molecule has 4 nitrogen and oxygen atoms in total. The molecule has 0 aromatic rings. The van der Waals surface area contributed by atoms with Gasteiger partial charge in [-0.15, -0.1) is 6.42 Å². The van der Waals surface area contributed by atoms with Crippen LogP contribution in [0, 0.1) is 12.0 Å². The third-order valence-electron chi connectivity index (χ3n) is 0.939. The monoisotopic (exact) mass is 186 g/mol. The molecule has 0 unspecified atom stereocenters. The van der Waals surface area contributed by atoms with Crippen LogP contribution in [0.1, 0.15) is 13.8 Å². The van der Waals surface area contributed by atoms with Crippen LogP contribution in [-0.2, 0) is 18.4 Å². The maximum absolute atomic E-state index is 10.5. The molecule has 0 aromatic heterocycles. The first kappa shape index (κ1) is 10.7. The molecule has 5 heteroatoms. The van der Waals surface area contributed by atoms with E-state index in [1.54, 1.807) is 0 Å². The smallest absolute Gasteiger partial charge is 0.476 e. The van der Waals surface area contributed by atoms with Gasteiger partial charge in [-0.3, -0.25) is 9.59 Å². The SMILES string of the molecule is C#C[Si](C)(OC(C)=O)OC(C)=O. The van der Waals surface area contributed by atoms with Gasteiger partial charge in [-0.2, -0.15) is 0 Å². The summed E-state index contributed by atoms with van der Waals surface area (Å²) in [6.07, 6.45) is 5.06. The van der Waals surface area contributed by atoms with Crippen LogP contribution in [0.15, 0.2) is 0 Å². The minimum absolute atomic E-state index is 0.539. The molecular weight excluding hydrogens is 176 g/mol. The van der Waals surface area contributed by atoms with Crippen molar-refractivity contribution in [2.75, 3.05) is 0 Å². The molecule has 0 bridgehead atoms. The zero-order valence-corrected chi connectivity index (χ0v) is 8.21. The Kier molecular flexibility index (Phi) is 3.50. The summed E-state index contributed by atoms with van der Waals surface area (Å²) in [6.45, 7) is 3.88. The maximum Gasteiger partial charge on any atom is 0.548 e. The molecule has 0 fully saturated rings. The molecule has 0 aliphatic carbocycles. The van der Waals surface area contributed by atoms with Crippen molar-refractivity contribution in [1.82, 2.24) is 0 Å². The van der Waals surface area contributed by atoms with Gasteiger partial charge >= 0.3 is 8.56 Å². The Bertz CT molecular complexity index is 224. The zero-order valence-electron chi connectivity index (χ0n) is 7.21. The number of hydrogen-bond donors (Lipinski definition) is 0. The zero-order chi connectivity index (χ0) is 9.78. The van der Waals surface area contributed by atoms with E-state index in [4.69, 9.17) is 15.3 Å². The lowest BCUT2D eigenvalue weighted by Crippen LogP contribution is -2.40. The standard InChI is InChI=1S/C7H10O4Si/c1-5-12(4,10-6(2)8)11-7(3)9/h1H,2-4H3. The molecule has 0 aliphatic heterocycles. The Hall–Kier alpha value is -1.28. The molecule has 0 aliphatic rings. The highest BCUT2D eigenvalue weighted by Gasteiger charge is 2.36. The van der Waals surface area contributed by atoms with E-state index < -0.39 is 20.5 Å². The number of terminal acetylenes is 1. The molecule has 0 N–H and O–H groups in total. The van der Waals surface area contributed by atoms with Crippen LogP contribution >= 0.6 is 0 Å². The number of hydrogen-bond acceptors (Lipinski definition) is 4. The molecule has 0 radical (unpaired) electrons. The molecule has 0 rings (SSSR count). The summed E-state index contributed by atoms with van der Waals surface area (Å²) in [6, 6.07) is 0. The Morgan fingerprint density at radius 1 is 1.25 bits per heavy atom. The third-order valence-corrected chi connectivity index (χ3v) is 2.82. The average molecular weight is 186 g/mol. The van der Waals surface area contributed by atoms with E-state index in [0.29, 0.717) is 0 Å². The molecule has 0 amide bonds. The topological polar surface area (TPSA) is 52.6 Å². The molecule has 0 heterocycles. The highest BCUT2D eigenvalue weighted by Crippen LogP contribution is 2.05. The van der Waals surface area contributed by atoms with Gasteiger partial charge in [0.25, 0.3) is 11.9 Å². The lowest BCUT2D eigenvalue weighted by atomic mass is 10.9. The molecule has 12 heavy (non-hydrogen) atoms. The Labute approximate surface area is 72.1 Å². The van der Waals surface area contributed by atoms with Gasteiger partial charge in [0.15, 0.2) is 0 Å². The predicted octanol–water partition coefficient (Wildman–Crippen LogP) is 0.357. The quantitative estimate of drug-likeness (QED) is 0.461. The van der Waals surface area contributed by atoms with Crippen molar-refractivity contribution < 1.29 is 18.4 Å². The number of carbonyl (C=O) groups is 2. The van der Waals surface area contributed by atoms with E-state index in [9.17, 15) is 9.59 Å². The van der Waals surface area contributed by atoms with Crippen molar-refractivity contribution in [2.24, 2.45) is 0 Å². The van der Waals surface area contributed by atoms with Gasteiger partial charge < -0.3 is 8.85 Å². The first-order chi connectivity index (χ1) is 5.39. The van der Waals surface area contributed by atoms with Gasteiger partial charge in [0.1, 0.15) is 0 Å². The van der Waals surface area contributed by atoms with Gasteiger partial charge in [-0.1, -0.05) is 0 Å². The summed E-state index contributed by atoms with van der Waals surface area (Å²) in [4.78, 5) is 21.1. The second-order valence-corrected chi connectivity index (χ2v) is 4.87. The van der Waals surface area contributed by atoms with E-state index in [2.05, 4.69) is 5.54 Å². The molecule has 0 aromatic carbocycles. The summed E-state index contributed by atoms with van der Waals surface area (Å²) >= 11 is 0. The normalized spacial score (nSPS) is 9.83. The minimum atomic E-state index is -3.02. The van der Waals surface area contributed by atoms with Gasteiger partial charge in [-0.25, -0.2) is 0 Å². The summed E-state index contributed by atoms with van der Waals surface area (Å²) in [5, 5.41) is 0. The largest absolute Gasteiger partial charge is 0.548 e. The number of carbonyl (C=O) groups excluding carboxylic acids is 2. The Balaban J connectivity index is 4.37.